The molecule has 0 amide bonds. The molecular weight excluding hydrogens is 280 g/mol. The molecule has 2 aliphatic carbocycles. The average molecular weight is 323 g/mol. The summed E-state index contributed by atoms with van der Waals surface area (Å²) in [6.45, 7) is 9.81. The summed E-state index contributed by atoms with van der Waals surface area (Å²) in [6, 6.07) is 0.891. The van der Waals surface area contributed by atoms with E-state index in [1.807, 2.05) is 0 Å². The highest BCUT2D eigenvalue weighted by Gasteiger charge is 2.56. The van der Waals surface area contributed by atoms with Crippen LogP contribution in [-0.4, -0.2) is 12.1 Å². The van der Waals surface area contributed by atoms with Gasteiger partial charge in [-0.1, -0.05) is 34.1 Å². The summed E-state index contributed by atoms with van der Waals surface area (Å²) < 4.78 is 0. The SMILES string of the molecule is CCC1CC(N)CCC1(CC)C(CC)(CC)C1CCC(N)CC1. The molecule has 0 aromatic rings. The van der Waals surface area contributed by atoms with Gasteiger partial charge >= 0.3 is 0 Å². The molecule has 0 radical (unpaired) electrons. The van der Waals surface area contributed by atoms with E-state index in [1.54, 1.807) is 0 Å². The van der Waals surface area contributed by atoms with Crippen LogP contribution in [0, 0.1) is 22.7 Å². The predicted molar refractivity (Wildman–Crippen MR) is 101 cm³/mol. The van der Waals surface area contributed by atoms with Crippen molar-refractivity contribution in [2.75, 3.05) is 0 Å². The van der Waals surface area contributed by atoms with Crippen LogP contribution in [0.2, 0.25) is 0 Å². The Kier molecular flexibility index (Phi) is 6.58. The van der Waals surface area contributed by atoms with E-state index in [-0.39, 0.29) is 0 Å². The van der Waals surface area contributed by atoms with Gasteiger partial charge in [0.15, 0.2) is 0 Å². The quantitative estimate of drug-likeness (QED) is 0.702. The first-order chi connectivity index (χ1) is 11.0. The fraction of sp³-hybridized carbons (Fsp3) is 1.00. The first-order valence-corrected chi connectivity index (χ1v) is 10.5. The molecule has 2 aliphatic rings. The molecule has 2 heteroatoms. The van der Waals surface area contributed by atoms with Crippen LogP contribution in [0.5, 0.6) is 0 Å². The molecule has 136 valence electrons. The molecule has 2 fully saturated rings. The third kappa shape index (κ3) is 3.23. The van der Waals surface area contributed by atoms with Crippen molar-refractivity contribution < 1.29 is 0 Å². The Morgan fingerprint density at radius 1 is 0.870 bits per heavy atom. The first-order valence-electron chi connectivity index (χ1n) is 10.5. The highest BCUT2D eigenvalue weighted by Crippen LogP contribution is 2.64. The van der Waals surface area contributed by atoms with Gasteiger partial charge in [0.05, 0.1) is 0 Å². The van der Waals surface area contributed by atoms with Gasteiger partial charge in [-0.25, -0.2) is 0 Å². The monoisotopic (exact) mass is 322 g/mol. The molecule has 0 heterocycles. The summed E-state index contributed by atoms with van der Waals surface area (Å²) in [6.07, 6.45) is 14.3. The Balaban J connectivity index is 2.39. The molecule has 0 aliphatic heterocycles. The van der Waals surface area contributed by atoms with Crippen molar-refractivity contribution in [2.24, 2.45) is 34.1 Å². The molecule has 0 aromatic heterocycles. The maximum absolute atomic E-state index is 6.38. The lowest BCUT2D eigenvalue weighted by Crippen LogP contribution is -2.55. The van der Waals surface area contributed by atoms with Crippen molar-refractivity contribution in [3.63, 3.8) is 0 Å². The molecule has 3 atom stereocenters. The van der Waals surface area contributed by atoms with Crippen molar-refractivity contribution in [1.82, 2.24) is 0 Å². The van der Waals surface area contributed by atoms with Gasteiger partial charge in [-0.2, -0.15) is 0 Å². The van der Waals surface area contributed by atoms with Gasteiger partial charge in [-0.15, -0.1) is 0 Å². The van der Waals surface area contributed by atoms with E-state index in [4.69, 9.17) is 11.5 Å². The minimum Gasteiger partial charge on any atom is -0.328 e. The standard InChI is InChI=1S/C21H42N2/c1-5-16-15-19(23)13-14-21(16,8-4)20(6-2,7-3)17-9-11-18(22)12-10-17/h16-19H,5-15,22-23H2,1-4H3. The topological polar surface area (TPSA) is 52.0 Å². The van der Waals surface area contributed by atoms with Gasteiger partial charge in [-0.05, 0) is 86.9 Å². The Labute approximate surface area is 145 Å². The molecule has 2 nitrogen and oxygen atoms in total. The zero-order valence-corrected chi connectivity index (χ0v) is 16.2. The zero-order valence-electron chi connectivity index (χ0n) is 16.2. The van der Waals surface area contributed by atoms with Crippen molar-refractivity contribution in [2.45, 2.75) is 110 Å². The Morgan fingerprint density at radius 3 is 1.96 bits per heavy atom. The number of hydrogen-bond acceptors (Lipinski definition) is 2. The summed E-state index contributed by atoms with van der Waals surface area (Å²) in [7, 11) is 0. The lowest BCUT2D eigenvalue weighted by atomic mass is 9.44. The minimum absolute atomic E-state index is 0.436. The molecule has 4 N–H and O–H groups in total. The normalized spacial score (nSPS) is 39.4. The molecule has 23 heavy (non-hydrogen) atoms. The molecular formula is C21H42N2. The van der Waals surface area contributed by atoms with E-state index in [9.17, 15) is 0 Å². The second-order valence-corrected chi connectivity index (χ2v) is 8.62. The number of nitrogens with two attached hydrogens (primary N) is 2. The second kappa shape index (κ2) is 7.87. The van der Waals surface area contributed by atoms with Crippen LogP contribution in [0.1, 0.15) is 98.3 Å². The average Bonchev–Trinajstić information content (AvgIpc) is 2.58. The van der Waals surface area contributed by atoms with E-state index in [2.05, 4.69) is 27.7 Å². The third-order valence-electron chi connectivity index (χ3n) is 8.26. The second-order valence-electron chi connectivity index (χ2n) is 8.62. The molecule has 2 saturated carbocycles. The van der Waals surface area contributed by atoms with Gasteiger partial charge in [0, 0.05) is 12.1 Å². The van der Waals surface area contributed by atoms with Gasteiger partial charge in [-0.3, -0.25) is 0 Å². The zero-order chi connectivity index (χ0) is 17.1. The van der Waals surface area contributed by atoms with Crippen LogP contribution in [0.25, 0.3) is 0 Å². The van der Waals surface area contributed by atoms with Crippen molar-refractivity contribution in [3.05, 3.63) is 0 Å². The van der Waals surface area contributed by atoms with Crippen molar-refractivity contribution in [3.8, 4) is 0 Å². The van der Waals surface area contributed by atoms with E-state index >= 15 is 0 Å². The van der Waals surface area contributed by atoms with Crippen LogP contribution in [-0.2, 0) is 0 Å². The fourth-order valence-electron chi connectivity index (χ4n) is 7.00. The molecule has 2 rings (SSSR count). The summed E-state index contributed by atoms with van der Waals surface area (Å²) in [5.41, 5.74) is 13.6. The summed E-state index contributed by atoms with van der Waals surface area (Å²) in [5, 5.41) is 0. The maximum atomic E-state index is 6.38. The number of hydrogen-bond donors (Lipinski definition) is 2. The summed E-state index contributed by atoms with van der Waals surface area (Å²) in [5.74, 6) is 1.69. The van der Waals surface area contributed by atoms with Crippen molar-refractivity contribution >= 4 is 0 Å². The van der Waals surface area contributed by atoms with Gasteiger partial charge in [0.2, 0.25) is 0 Å². The van der Waals surface area contributed by atoms with E-state index in [0.29, 0.717) is 22.9 Å². The summed E-state index contributed by atoms with van der Waals surface area (Å²) in [4.78, 5) is 0. The van der Waals surface area contributed by atoms with E-state index in [1.165, 1.54) is 70.6 Å². The van der Waals surface area contributed by atoms with Crippen LogP contribution < -0.4 is 11.5 Å². The fourth-order valence-corrected chi connectivity index (χ4v) is 7.00. The molecule has 0 aromatic carbocycles. The lowest BCUT2D eigenvalue weighted by Gasteiger charge is -2.61. The minimum atomic E-state index is 0.436. The van der Waals surface area contributed by atoms with Crippen LogP contribution in [0.3, 0.4) is 0 Å². The smallest absolute Gasteiger partial charge is 0.00418 e. The van der Waals surface area contributed by atoms with Gasteiger partial charge in [0.1, 0.15) is 0 Å². The third-order valence-corrected chi connectivity index (χ3v) is 8.26. The largest absolute Gasteiger partial charge is 0.328 e. The van der Waals surface area contributed by atoms with E-state index in [0.717, 1.165) is 11.8 Å². The van der Waals surface area contributed by atoms with Crippen LogP contribution in [0.4, 0.5) is 0 Å². The highest BCUT2D eigenvalue weighted by atomic mass is 14.7. The highest BCUT2D eigenvalue weighted by molar-refractivity contribution is 5.06. The van der Waals surface area contributed by atoms with Crippen LogP contribution >= 0.6 is 0 Å². The molecule has 0 saturated heterocycles. The van der Waals surface area contributed by atoms with E-state index < -0.39 is 0 Å². The Hall–Kier alpha value is -0.0800. The lowest BCUT2D eigenvalue weighted by molar-refractivity contribution is -0.116. The Bertz CT molecular complexity index is 355. The predicted octanol–water partition coefficient (Wildman–Crippen LogP) is 5.24. The van der Waals surface area contributed by atoms with Gasteiger partial charge in [0.25, 0.3) is 0 Å². The molecule has 3 unspecified atom stereocenters. The van der Waals surface area contributed by atoms with Crippen molar-refractivity contribution in [1.29, 1.82) is 0 Å². The first kappa shape index (κ1) is 19.2. The van der Waals surface area contributed by atoms with Gasteiger partial charge < -0.3 is 11.5 Å². The molecule has 0 bridgehead atoms. The van der Waals surface area contributed by atoms with Crippen LogP contribution in [0.15, 0.2) is 0 Å². The Morgan fingerprint density at radius 2 is 1.48 bits per heavy atom. The molecule has 0 spiro atoms. The summed E-state index contributed by atoms with van der Waals surface area (Å²) >= 11 is 0. The number of rotatable bonds is 6. The maximum Gasteiger partial charge on any atom is 0.00418 e.